The molecule has 0 fully saturated rings. The molecule has 0 spiro atoms. The van der Waals surface area contributed by atoms with E-state index in [1.54, 1.807) is 6.92 Å². The molecule has 1 aromatic rings. The summed E-state index contributed by atoms with van der Waals surface area (Å²) in [5, 5.41) is 8.89. The lowest BCUT2D eigenvalue weighted by Crippen LogP contribution is -1.90. The summed E-state index contributed by atoms with van der Waals surface area (Å²) in [6, 6.07) is 2.98. The first-order valence-corrected chi connectivity index (χ1v) is 2.86. The minimum Gasteiger partial charge on any atom is -0.503 e. The van der Waals surface area contributed by atoms with Crippen LogP contribution >= 0.6 is 12.4 Å². The van der Waals surface area contributed by atoms with E-state index in [2.05, 4.69) is 0 Å². The SMILES string of the molecule is Cc1ccc(N)c(O)c1F.Cl. The highest BCUT2D eigenvalue weighted by Crippen LogP contribution is 2.25. The highest BCUT2D eigenvalue weighted by Gasteiger charge is 2.05. The molecule has 0 unspecified atom stereocenters. The van der Waals surface area contributed by atoms with Gasteiger partial charge in [0.25, 0.3) is 0 Å². The Kier molecular flexibility index (Phi) is 3.14. The third kappa shape index (κ3) is 1.74. The molecule has 0 saturated heterocycles. The maximum atomic E-state index is 12.7. The number of aryl methyl sites for hydroxylation is 1. The quantitative estimate of drug-likeness (QED) is 0.469. The lowest BCUT2D eigenvalue weighted by molar-refractivity contribution is 0.433. The topological polar surface area (TPSA) is 46.2 Å². The van der Waals surface area contributed by atoms with Crippen molar-refractivity contribution in [3.8, 4) is 5.75 Å². The van der Waals surface area contributed by atoms with Crippen molar-refractivity contribution in [3.05, 3.63) is 23.5 Å². The third-order valence-electron chi connectivity index (χ3n) is 1.34. The van der Waals surface area contributed by atoms with Gasteiger partial charge in [0.2, 0.25) is 0 Å². The minimum absolute atomic E-state index is 0. The molecule has 0 radical (unpaired) electrons. The zero-order valence-corrected chi connectivity index (χ0v) is 6.78. The fraction of sp³-hybridized carbons (Fsp3) is 0.143. The van der Waals surface area contributed by atoms with E-state index in [9.17, 15) is 4.39 Å². The number of nitrogens with two attached hydrogens (primary N) is 1. The third-order valence-corrected chi connectivity index (χ3v) is 1.34. The van der Waals surface area contributed by atoms with Crippen LogP contribution in [0.15, 0.2) is 12.1 Å². The maximum Gasteiger partial charge on any atom is 0.174 e. The van der Waals surface area contributed by atoms with E-state index < -0.39 is 11.6 Å². The van der Waals surface area contributed by atoms with Gasteiger partial charge in [-0.3, -0.25) is 0 Å². The molecule has 4 heteroatoms. The van der Waals surface area contributed by atoms with E-state index in [1.165, 1.54) is 12.1 Å². The number of benzene rings is 1. The highest BCUT2D eigenvalue weighted by atomic mass is 35.5. The van der Waals surface area contributed by atoms with Crippen LogP contribution in [0, 0.1) is 12.7 Å². The second-order valence-corrected chi connectivity index (χ2v) is 2.13. The molecule has 0 heterocycles. The van der Waals surface area contributed by atoms with Gasteiger partial charge >= 0.3 is 0 Å². The molecule has 0 bridgehead atoms. The van der Waals surface area contributed by atoms with E-state index >= 15 is 0 Å². The molecule has 0 saturated carbocycles. The Morgan fingerprint density at radius 1 is 1.45 bits per heavy atom. The monoisotopic (exact) mass is 177 g/mol. The van der Waals surface area contributed by atoms with Gasteiger partial charge < -0.3 is 10.8 Å². The minimum atomic E-state index is -0.639. The van der Waals surface area contributed by atoms with E-state index in [4.69, 9.17) is 10.8 Å². The average Bonchev–Trinajstić information content (AvgIpc) is 1.93. The predicted molar refractivity (Wildman–Crippen MR) is 44.5 cm³/mol. The van der Waals surface area contributed by atoms with Crippen LogP contribution in [0.2, 0.25) is 0 Å². The molecule has 1 rings (SSSR count). The fourth-order valence-electron chi connectivity index (χ4n) is 0.680. The maximum absolute atomic E-state index is 12.7. The van der Waals surface area contributed by atoms with Crippen LogP contribution < -0.4 is 5.73 Å². The number of phenols is 1. The Morgan fingerprint density at radius 2 is 2.00 bits per heavy atom. The van der Waals surface area contributed by atoms with E-state index in [0.29, 0.717) is 5.56 Å². The Bertz CT molecular complexity index is 238. The summed E-state index contributed by atoms with van der Waals surface area (Å²) in [6.45, 7) is 1.56. The summed E-state index contributed by atoms with van der Waals surface area (Å²) >= 11 is 0. The summed E-state index contributed by atoms with van der Waals surface area (Å²) < 4.78 is 12.7. The number of aromatic hydroxyl groups is 1. The first-order chi connectivity index (χ1) is 4.63. The van der Waals surface area contributed by atoms with Crippen LogP contribution in [0.5, 0.6) is 5.75 Å². The molecule has 0 aliphatic heterocycles. The highest BCUT2D eigenvalue weighted by molar-refractivity contribution is 5.85. The molecular weight excluding hydrogens is 169 g/mol. The molecule has 0 amide bonds. The van der Waals surface area contributed by atoms with Crippen LogP contribution in [0.1, 0.15) is 5.56 Å². The van der Waals surface area contributed by atoms with E-state index in [1.807, 2.05) is 0 Å². The van der Waals surface area contributed by atoms with Crippen molar-refractivity contribution >= 4 is 18.1 Å². The number of nitrogen functional groups attached to an aromatic ring is 1. The summed E-state index contributed by atoms with van der Waals surface area (Å²) in [4.78, 5) is 0. The summed E-state index contributed by atoms with van der Waals surface area (Å²) in [7, 11) is 0. The van der Waals surface area contributed by atoms with Crippen molar-refractivity contribution in [3.63, 3.8) is 0 Å². The van der Waals surface area contributed by atoms with Crippen molar-refractivity contribution < 1.29 is 9.50 Å². The molecular formula is C7H9ClFNO. The van der Waals surface area contributed by atoms with Crippen LogP contribution in [-0.4, -0.2) is 5.11 Å². The Morgan fingerprint density at radius 3 is 2.45 bits per heavy atom. The lowest BCUT2D eigenvalue weighted by Gasteiger charge is -2.00. The van der Waals surface area contributed by atoms with Crippen LogP contribution in [0.4, 0.5) is 10.1 Å². The van der Waals surface area contributed by atoms with E-state index in [0.717, 1.165) is 0 Å². The average molecular weight is 178 g/mol. The van der Waals surface area contributed by atoms with Crippen LogP contribution in [0.3, 0.4) is 0 Å². The van der Waals surface area contributed by atoms with Crippen molar-refractivity contribution in [1.29, 1.82) is 0 Å². The van der Waals surface area contributed by atoms with Crippen molar-refractivity contribution in [2.45, 2.75) is 6.92 Å². The number of hydrogen-bond donors (Lipinski definition) is 2. The number of phenolic OH excluding ortho intramolecular Hbond substituents is 1. The van der Waals surface area contributed by atoms with Gasteiger partial charge in [-0.1, -0.05) is 6.07 Å². The fourth-order valence-corrected chi connectivity index (χ4v) is 0.680. The van der Waals surface area contributed by atoms with Gasteiger partial charge in [0, 0.05) is 0 Å². The van der Waals surface area contributed by atoms with E-state index in [-0.39, 0.29) is 18.1 Å². The zero-order valence-electron chi connectivity index (χ0n) is 5.97. The van der Waals surface area contributed by atoms with Crippen LogP contribution in [-0.2, 0) is 0 Å². The molecule has 0 atom stereocenters. The number of halogens is 2. The molecule has 11 heavy (non-hydrogen) atoms. The van der Waals surface area contributed by atoms with Crippen LogP contribution in [0.25, 0.3) is 0 Å². The van der Waals surface area contributed by atoms with Gasteiger partial charge in [0.15, 0.2) is 11.6 Å². The summed E-state index contributed by atoms with van der Waals surface area (Å²) in [5.41, 5.74) is 5.67. The first-order valence-electron chi connectivity index (χ1n) is 2.86. The summed E-state index contributed by atoms with van der Waals surface area (Å²) in [6.07, 6.45) is 0. The van der Waals surface area contributed by atoms with Gasteiger partial charge in [0.1, 0.15) is 0 Å². The van der Waals surface area contributed by atoms with Gasteiger partial charge in [-0.15, -0.1) is 12.4 Å². The molecule has 1 aromatic carbocycles. The number of rotatable bonds is 0. The molecule has 62 valence electrons. The lowest BCUT2D eigenvalue weighted by atomic mass is 10.2. The Hall–Kier alpha value is -0.960. The van der Waals surface area contributed by atoms with Gasteiger partial charge in [-0.2, -0.15) is 0 Å². The van der Waals surface area contributed by atoms with Gasteiger partial charge in [-0.05, 0) is 18.6 Å². The smallest absolute Gasteiger partial charge is 0.174 e. The van der Waals surface area contributed by atoms with Crippen molar-refractivity contribution in [2.75, 3.05) is 5.73 Å². The predicted octanol–water partition coefficient (Wildman–Crippen LogP) is 1.84. The Labute approximate surface area is 70.2 Å². The van der Waals surface area contributed by atoms with Crippen molar-refractivity contribution in [1.82, 2.24) is 0 Å². The Balaban J connectivity index is 0.000001000. The zero-order chi connectivity index (χ0) is 7.72. The number of anilines is 1. The van der Waals surface area contributed by atoms with Gasteiger partial charge in [0.05, 0.1) is 5.69 Å². The summed E-state index contributed by atoms with van der Waals surface area (Å²) in [5.74, 6) is -1.10. The second-order valence-electron chi connectivity index (χ2n) is 2.13. The van der Waals surface area contributed by atoms with Gasteiger partial charge in [-0.25, -0.2) is 4.39 Å². The molecule has 0 aliphatic carbocycles. The largest absolute Gasteiger partial charge is 0.503 e. The molecule has 0 aliphatic rings. The normalized spacial score (nSPS) is 8.91. The molecule has 2 nitrogen and oxygen atoms in total. The molecule has 3 N–H and O–H groups in total. The standard InChI is InChI=1S/C7H8FNO.ClH/c1-4-2-3-5(9)7(10)6(4)8;/h2-3,10H,9H2,1H3;1H. The number of hydrogen-bond acceptors (Lipinski definition) is 2. The van der Waals surface area contributed by atoms with Crippen molar-refractivity contribution in [2.24, 2.45) is 0 Å². The molecule has 0 aromatic heterocycles. The second kappa shape index (κ2) is 3.44. The first kappa shape index (κ1) is 10.0.